The molecule has 0 aliphatic carbocycles. The fraction of sp³-hybridized carbons (Fsp3) is 0.0435. The first-order valence-corrected chi connectivity index (χ1v) is 9.32. The van der Waals surface area contributed by atoms with Gasteiger partial charge in [0.1, 0.15) is 0 Å². The molecule has 2 aromatic carbocycles. The van der Waals surface area contributed by atoms with Crippen molar-refractivity contribution in [1.29, 1.82) is 0 Å². The van der Waals surface area contributed by atoms with Gasteiger partial charge in [-0.15, -0.1) is 0 Å². The number of hydrogen-bond donors (Lipinski definition) is 2. The molecule has 2 N–H and O–H groups in total. The van der Waals surface area contributed by atoms with Gasteiger partial charge in [-0.25, -0.2) is 9.97 Å². The molecule has 0 bridgehead atoms. The summed E-state index contributed by atoms with van der Waals surface area (Å²) in [6.45, 7) is 2.08. The highest BCUT2D eigenvalue weighted by molar-refractivity contribution is 6.00. The molecule has 5 rings (SSSR count). The van der Waals surface area contributed by atoms with Gasteiger partial charge in [-0.2, -0.15) is 0 Å². The normalized spacial score (nSPS) is 10.9. The van der Waals surface area contributed by atoms with E-state index in [0.29, 0.717) is 11.6 Å². The number of aryl methyl sites for hydroxylation is 1. The lowest BCUT2D eigenvalue weighted by Gasteiger charge is -2.15. The Kier molecular flexibility index (Phi) is 4.22. The molecule has 29 heavy (non-hydrogen) atoms. The third-order valence-corrected chi connectivity index (χ3v) is 4.78. The number of pyridine rings is 2. The Bertz CT molecular complexity index is 1300. The lowest BCUT2D eigenvalue weighted by atomic mass is 10.0. The van der Waals surface area contributed by atoms with Crippen molar-refractivity contribution in [3.63, 3.8) is 0 Å². The van der Waals surface area contributed by atoms with Crippen LogP contribution in [-0.2, 0) is 0 Å². The third-order valence-electron chi connectivity index (χ3n) is 4.78. The molecule has 0 saturated heterocycles. The van der Waals surface area contributed by atoms with E-state index in [9.17, 15) is 0 Å². The van der Waals surface area contributed by atoms with Crippen LogP contribution >= 0.6 is 0 Å². The minimum Gasteiger partial charge on any atom is -0.336 e. The molecule has 140 valence electrons. The highest BCUT2D eigenvalue weighted by Gasteiger charge is 2.13. The second kappa shape index (κ2) is 7.16. The summed E-state index contributed by atoms with van der Waals surface area (Å²) in [4.78, 5) is 18.2. The van der Waals surface area contributed by atoms with Crippen LogP contribution in [0, 0.1) is 6.92 Å². The van der Waals surface area contributed by atoms with Crippen LogP contribution in [-0.4, -0.2) is 19.9 Å². The topological polar surface area (TPSA) is 75.6 Å². The van der Waals surface area contributed by atoms with Crippen molar-refractivity contribution in [3.05, 3.63) is 84.9 Å². The molecular formula is C23H18N6. The zero-order valence-corrected chi connectivity index (χ0v) is 15.8. The van der Waals surface area contributed by atoms with E-state index in [1.807, 2.05) is 36.4 Å². The Balaban J connectivity index is 1.70. The molecule has 0 amide bonds. The second-order valence-electron chi connectivity index (χ2n) is 6.74. The standard InChI is InChI=1S/C23H18N6/c1-15-19-9-3-2-6-16(19)12-20-21(15)29-23(27-18-8-5-11-25-14-18)22(28-20)26-17-7-4-10-24-13-17/h2-14H,1H3,(H,26,28)(H,27,29). The number of benzene rings is 2. The third kappa shape index (κ3) is 3.32. The Morgan fingerprint density at radius 1 is 0.724 bits per heavy atom. The Labute approximate surface area is 167 Å². The van der Waals surface area contributed by atoms with Crippen LogP contribution in [0.4, 0.5) is 23.0 Å². The average Bonchev–Trinajstić information content (AvgIpc) is 2.76. The molecular weight excluding hydrogens is 360 g/mol. The summed E-state index contributed by atoms with van der Waals surface area (Å²) in [6, 6.07) is 18.0. The van der Waals surface area contributed by atoms with Gasteiger partial charge < -0.3 is 10.6 Å². The lowest BCUT2D eigenvalue weighted by molar-refractivity contribution is 1.24. The van der Waals surface area contributed by atoms with Gasteiger partial charge in [0.2, 0.25) is 0 Å². The number of fused-ring (bicyclic) bond motifs is 2. The van der Waals surface area contributed by atoms with E-state index in [-0.39, 0.29) is 0 Å². The number of rotatable bonds is 4. The zero-order chi connectivity index (χ0) is 19.6. The molecule has 0 atom stereocenters. The molecule has 0 aliphatic heterocycles. The van der Waals surface area contributed by atoms with E-state index in [1.165, 1.54) is 5.39 Å². The van der Waals surface area contributed by atoms with E-state index in [2.05, 4.69) is 45.7 Å². The maximum atomic E-state index is 4.93. The number of hydrogen-bond acceptors (Lipinski definition) is 6. The van der Waals surface area contributed by atoms with Crippen LogP contribution in [0.25, 0.3) is 21.8 Å². The molecule has 0 fully saturated rings. The van der Waals surface area contributed by atoms with Gasteiger partial charge in [-0.05, 0) is 53.6 Å². The van der Waals surface area contributed by atoms with Gasteiger partial charge in [-0.3, -0.25) is 9.97 Å². The molecule has 6 heteroatoms. The largest absolute Gasteiger partial charge is 0.336 e. The minimum absolute atomic E-state index is 0.629. The maximum Gasteiger partial charge on any atom is 0.174 e. The van der Waals surface area contributed by atoms with E-state index < -0.39 is 0 Å². The van der Waals surface area contributed by atoms with Crippen LogP contribution < -0.4 is 10.6 Å². The fourth-order valence-electron chi connectivity index (χ4n) is 3.39. The summed E-state index contributed by atoms with van der Waals surface area (Å²) in [5.74, 6) is 1.26. The molecule has 3 heterocycles. The summed E-state index contributed by atoms with van der Waals surface area (Å²) in [6.07, 6.45) is 6.99. The number of aromatic nitrogens is 4. The molecule has 6 nitrogen and oxygen atoms in total. The average molecular weight is 378 g/mol. The summed E-state index contributed by atoms with van der Waals surface area (Å²) in [5, 5.41) is 9.00. The first-order chi connectivity index (χ1) is 14.3. The molecule has 0 spiro atoms. The van der Waals surface area contributed by atoms with Crippen molar-refractivity contribution in [3.8, 4) is 0 Å². The predicted molar refractivity (Wildman–Crippen MR) is 117 cm³/mol. The SMILES string of the molecule is Cc1c2ccccc2cc2nc(Nc3cccnc3)c(Nc3cccnc3)nc12. The van der Waals surface area contributed by atoms with Gasteiger partial charge in [-0.1, -0.05) is 24.3 Å². The second-order valence-corrected chi connectivity index (χ2v) is 6.74. The number of nitrogens with one attached hydrogen (secondary N) is 2. The predicted octanol–water partition coefficient (Wildman–Crippen LogP) is 5.37. The van der Waals surface area contributed by atoms with E-state index in [4.69, 9.17) is 9.97 Å². The van der Waals surface area contributed by atoms with Crippen LogP contribution in [0.3, 0.4) is 0 Å². The van der Waals surface area contributed by atoms with Crippen LogP contribution in [0.5, 0.6) is 0 Å². The Morgan fingerprint density at radius 3 is 2.03 bits per heavy atom. The van der Waals surface area contributed by atoms with Gasteiger partial charge in [0.05, 0.1) is 34.8 Å². The number of nitrogens with zero attached hydrogens (tertiary/aromatic N) is 4. The molecule has 0 radical (unpaired) electrons. The summed E-state index contributed by atoms with van der Waals surface area (Å²) < 4.78 is 0. The Morgan fingerprint density at radius 2 is 1.38 bits per heavy atom. The molecule has 0 unspecified atom stereocenters. The van der Waals surface area contributed by atoms with Crippen LogP contribution in [0.15, 0.2) is 79.4 Å². The van der Waals surface area contributed by atoms with Gasteiger partial charge in [0.25, 0.3) is 0 Å². The smallest absolute Gasteiger partial charge is 0.174 e. The van der Waals surface area contributed by atoms with Crippen molar-refractivity contribution < 1.29 is 0 Å². The first kappa shape index (κ1) is 17.1. The quantitative estimate of drug-likeness (QED) is 0.410. The summed E-state index contributed by atoms with van der Waals surface area (Å²) in [5.41, 5.74) is 4.49. The highest BCUT2D eigenvalue weighted by Crippen LogP contribution is 2.31. The fourth-order valence-corrected chi connectivity index (χ4v) is 3.39. The first-order valence-electron chi connectivity index (χ1n) is 9.32. The van der Waals surface area contributed by atoms with E-state index >= 15 is 0 Å². The molecule has 3 aromatic heterocycles. The van der Waals surface area contributed by atoms with Crippen molar-refractivity contribution in [2.75, 3.05) is 10.6 Å². The monoisotopic (exact) mass is 378 g/mol. The highest BCUT2D eigenvalue weighted by atomic mass is 15.1. The van der Waals surface area contributed by atoms with E-state index in [0.717, 1.165) is 33.4 Å². The van der Waals surface area contributed by atoms with Crippen molar-refractivity contribution in [2.24, 2.45) is 0 Å². The molecule has 0 aliphatic rings. The van der Waals surface area contributed by atoms with Crippen molar-refractivity contribution >= 4 is 44.8 Å². The zero-order valence-electron chi connectivity index (χ0n) is 15.8. The number of anilines is 4. The van der Waals surface area contributed by atoms with Gasteiger partial charge >= 0.3 is 0 Å². The molecule has 0 saturated carbocycles. The van der Waals surface area contributed by atoms with Crippen molar-refractivity contribution in [2.45, 2.75) is 6.92 Å². The summed E-state index contributed by atoms with van der Waals surface area (Å²) in [7, 11) is 0. The van der Waals surface area contributed by atoms with Crippen LogP contribution in [0.2, 0.25) is 0 Å². The van der Waals surface area contributed by atoms with Crippen molar-refractivity contribution in [1.82, 2.24) is 19.9 Å². The minimum atomic E-state index is 0.629. The Hall–Kier alpha value is -4.06. The summed E-state index contributed by atoms with van der Waals surface area (Å²) >= 11 is 0. The van der Waals surface area contributed by atoms with Gasteiger partial charge in [0, 0.05) is 12.4 Å². The lowest BCUT2D eigenvalue weighted by Crippen LogP contribution is -2.04. The van der Waals surface area contributed by atoms with E-state index in [1.54, 1.807) is 24.8 Å². The van der Waals surface area contributed by atoms with Gasteiger partial charge in [0.15, 0.2) is 11.6 Å². The molecule has 5 aromatic rings. The maximum absolute atomic E-state index is 4.93. The van der Waals surface area contributed by atoms with Crippen LogP contribution in [0.1, 0.15) is 5.56 Å².